The monoisotopic (exact) mass is 329 g/mol. The number of para-hydroxylation sites is 1. The Morgan fingerprint density at radius 2 is 2.00 bits per heavy atom. The Morgan fingerprint density at radius 3 is 2.58 bits per heavy atom. The predicted octanol–water partition coefficient (Wildman–Crippen LogP) is 3.71. The topological polar surface area (TPSA) is 89.7 Å². The molecule has 24 heavy (non-hydrogen) atoms. The van der Waals surface area contributed by atoms with E-state index in [4.69, 9.17) is 4.74 Å². The highest BCUT2D eigenvalue weighted by atomic mass is 16.6. The van der Waals surface area contributed by atoms with E-state index in [0.29, 0.717) is 23.5 Å². The normalized spacial score (nSPS) is 11.8. The molecule has 1 N–H and O–H groups in total. The fraction of sp³-hybridized carbons (Fsp3) is 0.278. The van der Waals surface area contributed by atoms with Gasteiger partial charge in [0.2, 0.25) is 0 Å². The summed E-state index contributed by atoms with van der Waals surface area (Å²) in [7, 11) is 0. The first-order valence-corrected chi connectivity index (χ1v) is 7.62. The van der Waals surface area contributed by atoms with E-state index in [0.717, 1.165) is 5.56 Å². The van der Waals surface area contributed by atoms with Crippen molar-refractivity contribution >= 4 is 11.7 Å². The summed E-state index contributed by atoms with van der Waals surface area (Å²) in [6.45, 7) is 4.21. The largest absolute Gasteiger partial charge is 0.494 e. The number of nitrogens with zero attached hydrogens (tertiary/aromatic N) is 1. The van der Waals surface area contributed by atoms with Gasteiger partial charge in [0, 0.05) is 11.6 Å². The van der Waals surface area contributed by atoms with Crippen LogP contribution in [0.3, 0.4) is 0 Å². The summed E-state index contributed by atoms with van der Waals surface area (Å²) in [6.07, 6.45) is 0.0569. The maximum atomic E-state index is 11.7. The molecule has 0 aliphatic heterocycles. The molecule has 1 unspecified atom stereocenters. The number of carbonyl (C=O) groups is 1. The van der Waals surface area contributed by atoms with E-state index in [1.165, 1.54) is 6.07 Å². The molecule has 0 bridgehead atoms. The third-order valence-corrected chi connectivity index (χ3v) is 3.84. The SMILES string of the molecule is CCOc1ccc(C(Cc2ccccc2[N+](=O)[O-])C(=O)O)c(C)c1. The molecule has 126 valence electrons. The number of hydrogen-bond donors (Lipinski definition) is 1. The fourth-order valence-electron chi connectivity index (χ4n) is 2.71. The molecule has 0 saturated heterocycles. The van der Waals surface area contributed by atoms with E-state index in [9.17, 15) is 20.0 Å². The third-order valence-electron chi connectivity index (χ3n) is 3.84. The predicted molar refractivity (Wildman–Crippen MR) is 89.5 cm³/mol. The van der Waals surface area contributed by atoms with Gasteiger partial charge in [0.05, 0.1) is 17.4 Å². The Balaban J connectivity index is 2.38. The van der Waals surface area contributed by atoms with Crippen LogP contribution in [-0.2, 0) is 11.2 Å². The number of aliphatic carboxylic acids is 1. The van der Waals surface area contributed by atoms with Crippen molar-refractivity contribution in [2.45, 2.75) is 26.2 Å². The van der Waals surface area contributed by atoms with Crippen LogP contribution < -0.4 is 4.74 Å². The van der Waals surface area contributed by atoms with Crippen molar-refractivity contribution < 1.29 is 19.6 Å². The second kappa shape index (κ2) is 7.59. The highest BCUT2D eigenvalue weighted by molar-refractivity contribution is 5.77. The Kier molecular flexibility index (Phi) is 5.52. The molecule has 6 heteroatoms. The molecule has 0 radical (unpaired) electrons. The van der Waals surface area contributed by atoms with Crippen molar-refractivity contribution in [3.05, 3.63) is 69.3 Å². The quantitative estimate of drug-likeness (QED) is 0.618. The van der Waals surface area contributed by atoms with Gasteiger partial charge in [0.25, 0.3) is 5.69 Å². The van der Waals surface area contributed by atoms with E-state index in [2.05, 4.69) is 0 Å². The van der Waals surface area contributed by atoms with Crippen LogP contribution in [0.5, 0.6) is 5.75 Å². The van der Waals surface area contributed by atoms with Crippen LogP contribution in [0.1, 0.15) is 29.5 Å². The van der Waals surface area contributed by atoms with Gasteiger partial charge in [-0.3, -0.25) is 14.9 Å². The molecule has 0 aliphatic rings. The molecule has 2 aromatic rings. The highest BCUT2D eigenvalue weighted by Gasteiger charge is 2.25. The summed E-state index contributed by atoms with van der Waals surface area (Å²) in [5.41, 5.74) is 1.76. The zero-order valence-corrected chi connectivity index (χ0v) is 13.6. The standard InChI is InChI=1S/C18H19NO5/c1-3-24-14-8-9-15(12(2)10-14)16(18(20)21)11-13-6-4-5-7-17(13)19(22)23/h4-10,16H,3,11H2,1-2H3,(H,20,21). The minimum Gasteiger partial charge on any atom is -0.494 e. The van der Waals surface area contributed by atoms with Gasteiger partial charge in [-0.25, -0.2) is 0 Å². The van der Waals surface area contributed by atoms with Crippen molar-refractivity contribution in [2.75, 3.05) is 6.61 Å². The molecule has 2 rings (SSSR count). The smallest absolute Gasteiger partial charge is 0.311 e. The van der Waals surface area contributed by atoms with Gasteiger partial charge in [-0.15, -0.1) is 0 Å². The first-order chi connectivity index (χ1) is 11.4. The number of ether oxygens (including phenoxy) is 1. The Labute approximate surface area is 139 Å². The van der Waals surface area contributed by atoms with Crippen molar-refractivity contribution in [3.8, 4) is 5.75 Å². The number of hydrogen-bond acceptors (Lipinski definition) is 4. The lowest BCUT2D eigenvalue weighted by Gasteiger charge is -2.16. The van der Waals surface area contributed by atoms with Crippen LogP contribution >= 0.6 is 0 Å². The maximum absolute atomic E-state index is 11.7. The van der Waals surface area contributed by atoms with Gasteiger partial charge >= 0.3 is 5.97 Å². The van der Waals surface area contributed by atoms with Gasteiger partial charge < -0.3 is 9.84 Å². The van der Waals surface area contributed by atoms with Crippen molar-refractivity contribution in [1.29, 1.82) is 0 Å². The fourth-order valence-corrected chi connectivity index (χ4v) is 2.71. The first kappa shape index (κ1) is 17.5. The lowest BCUT2D eigenvalue weighted by atomic mass is 9.88. The molecule has 0 amide bonds. The maximum Gasteiger partial charge on any atom is 0.311 e. The third kappa shape index (κ3) is 3.90. The van der Waals surface area contributed by atoms with Gasteiger partial charge in [-0.1, -0.05) is 24.3 Å². The number of aryl methyl sites for hydroxylation is 1. The number of nitro groups is 1. The van der Waals surface area contributed by atoms with Gasteiger partial charge in [0.1, 0.15) is 5.75 Å². The number of benzene rings is 2. The summed E-state index contributed by atoms with van der Waals surface area (Å²) in [6, 6.07) is 11.5. The van der Waals surface area contributed by atoms with Crippen molar-refractivity contribution in [2.24, 2.45) is 0 Å². The zero-order chi connectivity index (χ0) is 17.7. The lowest BCUT2D eigenvalue weighted by Crippen LogP contribution is -2.16. The highest BCUT2D eigenvalue weighted by Crippen LogP contribution is 2.30. The Morgan fingerprint density at radius 1 is 1.29 bits per heavy atom. The summed E-state index contributed by atoms with van der Waals surface area (Å²) in [5.74, 6) is -1.20. The Bertz CT molecular complexity index is 757. The molecule has 0 heterocycles. The number of carboxylic acids is 1. The van der Waals surface area contributed by atoms with E-state index in [1.807, 2.05) is 13.8 Å². The molecule has 6 nitrogen and oxygen atoms in total. The molecular weight excluding hydrogens is 310 g/mol. The molecular formula is C18H19NO5. The van der Waals surface area contributed by atoms with E-state index >= 15 is 0 Å². The van der Waals surface area contributed by atoms with E-state index in [-0.39, 0.29) is 12.1 Å². The van der Waals surface area contributed by atoms with Gasteiger partial charge in [-0.2, -0.15) is 0 Å². The summed E-state index contributed by atoms with van der Waals surface area (Å²) < 4.78 is 5.41. The van der Waals surface area contributed by atoms with E-state index in [1.54, 1.807) is 36.4 Å². The van der Waals surface area contributed by atoms with Gasteiger partial charge in [-0.05, 0) is 43.5 Å². The first-order valence-electron chi connectivity index (χ1n) is 7.62. The number of rotatable bonds is 7. The average molecular weight is 329 g/mol. The van der Waals surface area contributed by atoms with Crippen LogP contribution in [0.4, 0.5) is 5.69 Å². The van der Waals surface area contributed by atoms with Crippen molar-refractivity contribution in [1.82, 2.24) is 0 Å². The lowest BCUT2D eigenvalue weighted by molar-refractivity contribution is -0.385. The van der Waals surface area contributed by atoms with Crippen LogP contribution in [0, 0.1) is 17.0 Å². The van der Waals surface area contributed by atoms with E-state index < -0.39 is 16.8 Å². The molecule has 0 aromatic heterocycles. The minimum atomic E-state index is -1.01. The van der Waals surface area contributed by atoms with Crippen LogP contribution in [0.15, 0.2) is 42.5 Å². The second-order valence-corrected chi connectivity index (χ2v) is 5.43. The van der Waals surface area contributed by atoms with Crippen LogP contribution in [0.25, 0.3) is 0 Å². The number of carboxylic acid groups (broad SMARTS) is 1. The van der Waals surface area contributed by atoms with Crippen molar-refractivity contribution in [3.63, 3.8) is 0 Å². The summed E-state index contributed by atoms with van der Waals surface area (Å²) >= 11 is 0. The second-order valence-electron chi connectivity index (χ2n) is 5.43. The minimum absolute atomic E-state index is 0.0569. The molecule has 0 fully saturated rings. The summed E-state index contributed by atoms with van der Waals surface area (Å²) in [5, 5.41) is 20.7. The average Bonchev–Trinajstić information content (AvgIpc) is 2.53. The number of nitro benzene ring substituents is 1. The Hall–Kier alpha value is -2.89. The summed E-state index contributed by atoms with van der Waals surface area (Å²) in [4.78, 5) is 22.4. The molecule has 1 atom stereocenters. The van der Waals surface area contributed by atoms with Gasteiger partial charge in [0.15, 0.2) is 0 Å². The zero-order valence-electron chi connectivity index (χ0n) is 13.6. The van der Waals surface area contributed by atoms with Crippen LogP contribution in [-0.4, -0.2) is 22.6 Å². The molecule has 2 aromatic carbocycles. The molecule has 0 spiro atoms. The van der Waals surface area contributed by atoms with Crippen LogP contribution in [0.2, 0.25) is 0 Å². The molecule has 0 saturated carbocycles. The molecule has 0 aliphatic carbocycles.